The van der Waals surface area contributed by atoms with Gasteiger partial charge in [0.05, 0.1) is 5.02 Å². The van der Waals surface area contributed by atoms with Gasteiger partial charge in [-0.15, -0.1) is 0 Å². The lowest BCUT2D eigenvalue weighted by molar-refractivity contribution is -0.139. The van der Waals surface area contributed by atoms with E-state index in [-0.39, 0.29) is 22.7 Å². The Morgan fingerprint density at radius 1 is 1.35 bits per heavy atom. The second-order valence-corrected chi connectivity index (χ2v) is 7.07. The monoisotopic (exact) mass is 376 g/mol. The predicted octanol–water partition coefficient (Wildman–Crippen LogP) is 3.79. The van der Waals surface area contributed by atoms with Gasteiger partial charge in [-0.25, -0.2) is 4.39 Å². The number of hydrogen-bond donors (Lipinski definition) is 1. The van der Waals surface area contributed by atoms with Crippen molar-refractivity contribution in [3.8, 4) is 5.75 Å². The first-order valence-corrected chi connectivity index (χ1v) is 9.04. The van der Waals surface area contributed by atoms with Gasteiger partial charge in [0.1, 0.15) is 11.6 Å². The molecule has 3 rings (SSSR count). The van der Waals surface area contributed by atoms with Crippen molar-refractivity contribution in [1.29, 1.82) is 0 Å². The maximum Gasteiger partial charge on any atom is 0.268 e. The van der Waals surface area contributed by atoms with E-state index in [2.05, 4.69) is 0 Å². The van der Waals surface area contributed by atoms with Crippen LogP contribution in [0.15, 0.2) is 48.5 Å². The lowest BCUT2D eigenvalue weighted by atomic mass is 10.1. The zero-order chi connectivity index (χ0) is 18.7. The molecule has 2 N–H and O–H groups in total. The van der Waals surface area contributed by atoms with Crippen molar-refractivity contribution >= 4 is 17.5 Å². The quantitative estimate of drug-likeness (QED) is 0.863. The number of halogens is 2. The van der Waals surface area contributed by atoms with Crippen molar-refractivity contribution in [1.82, 2.24) is 4.90 Å². The average molecular weight is 377 g/mol. The molecule has 0 bridgehead atoms. The summed E-state index contributed by atoms with van der Waals surface area (Å²) in [5.41, 5.74) is 6.50. The van der Waals surface area contributed by atoms with Crippen LogP contribution in [-0.4, -0.2) is 29.9 Å². The van der Waals surface area contributed by atoms with E-state index in [9.17, 15) is 9.18 Å². The van der Waals surface area contributed by atoms with Gasteiger partial charge in [-0.2, -0.15) is 0 Å². The molecule has 2 aromatic carbocycles. The predicted molar refractivity (Wildman–Crippen MR) is 99.6 cm³/mol. The van der Waals surface area contributed by atoms with E-state index in [1.165, 1.54) is 18.2 Å². The summed E-state index contributed by atoms with van der Waals surface area (Å²) in [6.45, 7) is 3.18. The highest BCUT2D eigenvalue weighted by molar-refractivity contribution is 6.32. The van der Waals surface area contributed by atoms with Crippen molar-refractivity contribution < 1.29 is 13.9 Å². The van der Waals surface area contributed by atoms with Crippen LogP contribution in [0.3, 0.4) is 0 Å². The van der Waals surface area contributed by atoms with Gasteiger partial charge in [0.25, 0.3) is 5.91 Å². The molecule has 3 atom stereocenters. The van der Waals surface area contributed by atoms with Crippen LogP contribution in [0, 0.1) is 11.7 Å². The van der Waals surface area contributed by atoms with Gasteiger partial charge in [0, 0.05) is 18.2 Å². The highest BCUT2D eigenvalue weighted by Gasteiger charge is 2.37. The molecule has 1 saturated heterocycles. The highest BCUT2D eigenvalue weighted by Crippen LogP contribution is 2.33. The maximum absolute atomic E-state index is 13.3. The lowest BCUT2D eigenvalue weighted by Gasteiger charge is -2.28. The number of benzene rings is 2. The van der Waals surface area contributed by atoms with Gasteiger partial charge >= 0.3 is 0 Å². The number of amides is 1. The third kappa shape index (κ3) is 4.00. The maximum atomic E-state index is 13.3. The molecule has 0 aromatic heterocycles. The number of nitrogens with two attached hydrogens (primary N) is 1. The van der Waals surface area contributed by atoms with Crippen molar-refractivity contribution in [3.05, 3.63) is 64.9 Å². The molecule has 1 aliphatic heterocycles. The van der Waals surface area contributed by atoms with E-state index in [1.807, 2.05) is 42.2 Å². The van der Waals surface area contributed by atoms with Crippen molar-refractivity contribution in [2.24, 2.45) is 11.7 Å². The van der Waals surface area contributed by atoms with E-state index in [0.717, 1.165) is 12.0 Å². The normalized spacial score (nSPS) is 20.8. The average Bonchev–Trinajstić information content (AvgIpc) is 3.02. The minimum atomic E-state index is -0.849. The lowest BCUT2D eigenvalue weighted by Crippen LogP contribution is -2.39. The minimum absolute atomic E-state index is 0.0922. The number of carbonyl (C=O) groups excluding carboxylic acids is 1. The largest absolute Gasteiger partial charge is 0.474 e. The Labute approximate surface area is 157 Å². The Morgan fingerprint density at radius 3 is 2.69 bits per heavy atom. The molecule has 0 radical (unpaired) electrons. The Bertz CT molecular complexity index is 772. The SMILES string of the molecule is CC1CC(CN)CN1C(=O)C(Oc1ccc(F)cc1Cl)c1ccccc1. The van der Waals surface area contributed by atoms with Crippen molar-refractivity contribution in [2.75, 3.05) is 13.1 Å². The smallest absolute Gasteiger partial charge is 0.268 e. The van der Waals surface area contributed by atoms with Gasteiger partial charge in [0.2, 0.25) is 6.10 Å². The van der Waals surface area contributed by atoms with Crippen LogP contribution in [0.5, 0.6) is 5.75 Å². The van der Waals surface area contributed by atoms with Crippen LogP contribution in [-0.2, 0) is 4.79 Å². The summed E-state index contributed by atoms with van der Waals surface area (Å²) >= 11 is 6.09. The number of nitrogens with zero attached hydrogens (tertiary/aromatic N) is 1. The fourth-order valence-corrected chi connectivity index (χ4v) is 3.57. The summed E-state index contributed by atoms with van der Waals surface area (Å²) in [5, 5.41) is 0.132. The van der Waals surface area contributed by atoms with Crippen LogP contribution in [0.4, 0.5) is 4.39 Å². The molecule has 1 aliphatic rings. The molecule has 1 fully saturated rings. The van der Waals surface area contributed by atoms with Gasteiger partial charge < -0.3 is 15.4 Å². The third-order valence-electron chi connectivity index (χ3n) is 4.74. The fraction of sp³-hybridized carbons (Fsp3) is 0.350. The van der Waals surface area contributed by atoms with Crippen LogP contribution in [0.2, 0.25) is 5.02 Å². The van der Waals surface area contributed by atoms with Crippen molar-refractivity contribution in [3.63, 3.8) is 0 Å². The molecule has 0 spiro atoms. The van der Waals surface area contributed by atoms with Crippen LogP contribution >= 0.6 is 11.6 Å². The summed E-state index contributed by atoms with van der Waals surface area (Å²) in [6, 6.07) is 13.2. The van der Waals surface area contributed by atoms with E-state index in [1.54, 1.807) is 0 Å². The Kier molecular flexibility index (Phi) is 5.79. The molecular formula is C20H22ClFN2O2. The first-order valence-electron chi connectivity index (χ1n) is 8.66. The summed E-state index contributed by atoms with van der Waals surface area (Å²) < 4.78 is 19.3. The van der Waals surface area contributed by atoms with Gasteiger partial charge in [-0.1, -0.05) is 41.9 Å². The molecule has 0 saturated carbocycles. The second kappa shape index (κ2) is 8.06. The standard InChI is InChI=1S/C20H22ClFN2O2/c1-13-9-14(11-23)12-24(13)20(25)19(15-5-3-2-4-6-15)26-18-8-7-16(22)10-17(18)21/h2-8,10,13-14,19H,9,11-12,23H2,1H3. The zero-order valence-corrected chi connectivity index (χ0v) is 15.3. The molecule has 138 valence electrons. The molecule has 2 aromatic rings. The number of ether oxygens (including phenoxy) is 1. The summed E-state index contributed by atoms with van der Waals surface area (Å²) in [6.07, 6.45) is 0.0271. The molecule has 26 heavy (non-hydrogen) atoms. The van der Waals surface area contributed by atoms with E-state index >= 15 is 0 Å². The first-order chi connectivity index (χ1) is 12.5. The minimum Gasteiger partial charge on any atom is -0.474 e. The zero-order valence-electron chi connectivity index (χ0n) is 14.6. The van der Waals surface area contributed by atoms with Gasteiger partial charge in [0.15, 0.2) is 0 Å². The van der Waals surface area contributed by atoms with E-state index < -0.39 is 11.9 Å². The van der Waals surface area contributed by atoms with E-state index in [4.69, 9.17) is 22.1 Å². The number of carbonyl (C=O) groups is 1. The topological polar surface area (TPSA) is 55.6 Å². The Balaban J connectivity index is 1.90. The molecule has 0 aliphatic carbocycles. The van der Waals surface area contributed by atoms with Gasteiger partial charge in [-0.3, -0.25) is 4.79 Å². The second-order valence-electron chi connectivity index (χ2n) is 6.66. The van der Waals surface area contributed by atoms with Crippen LogP contribution in [0.25, 0.3) is 0 Å². The number of rotatable bonds is 5. The first kappa shape index (κ1) is 18.7. The molecular weight excluding hydrogens is 355 g/mol. The van der Waals surface area contributed by atoms with E-state index in [0.29, 0.717) is 19.0 Å². The number of likely N-dealkylation sites (tertiary alicyclic amines) is 1. The highest BCUT2D eigenvalue weighted by atomic mass is 35.5. The van der Waals surface area contributed by atoms with Crippen LogP contribution < -0.4 is 10.5 Å². The Hall–Kier alpha value is -2.11. The van der Waals surface area contributed by atoms with Crippen molar-refractivity contribution in [2.45, 2.75) is 25.5 Å². The Morgan fingerprint density at radius 2 is 2.08 bits per heavy atom. The molecule has 1 amide bonds. The summed E-state index contributed by atoms with van der Waals surface area (Å²) in [7, 11) is 0. The molecule has 4 nitrogen and oxygen atoms in total. The molecule has 3 unspecified atom stereocenters. The number of hydrogen-bond acceptors (Lipinski definition) is 3. The molecule has 1 heterocycles. The third-order valence-corrected chi connectivity index (χ3v) is 5.04. The fourth-order valence-electron chi connectivity index (χ4n) is 3.36. The molecule has 6 heteroatoms. The summed E-state index contributed by atoms with van der Waals surface area (Å²) in [4.78, 5) is 15.1. The summed E-state index contributed by atoms with van der Waals surface area (Å²) in [5.74, 6) is -0.0267. The van der Waals surface area contributed by atoms with Crippen LogP contribution in [0.1, 0.15) is 25.0 Å². The van der Waals surface area contributed by atoms with Gasteiger partial charge in [-0.05, 0) is 44.0 Å².